The molecule has 1 N–H and O–H groups in total. The largest absolute Gasteiger partial charge is 0.494 e. The van der Waals surface area contributed by atoms with Crippen molar-refractivity contribution in [1.29, 1.82) is 0 Å². The van der Waals surface area contributed by atoms with Gasteiger partial charge in [0.15, 0.2) is 4.80 Å². The molecule has 0 radical (unpaired) electrons. The van der Waals surface area contributed by atoms with Gasteiger partial charge in [0.2, 0.25) is 0 Å². The molecule has 138 valence electrons. The molecule has 26 heavy (non-hydrogen) atoms. The zero-order valence-electron chi connectivity index (χ0n) is 14.3. The van der Waals surface area contributed by atoms with Crippen molar-refractivity contribution in [3.63, 3.8) is 0 Å². The maximum atomic E-state index is 9.44. The highest BCUT2D eigenvalue weighted by atomic mass is 79.9. The lowest BCUT2D eigenvalue weighted by atomic mass is 10.2. The maximum absolute atomic E-state index is 9.44. The number of aliphatic hydroxyl groups is 1. The van der Waals surface area contributed by atoms with E-state index in [0.717, 1.165) is 27.5 Å². The summed E-state index contributed by atoms with van der Waals surface area (Å²) >= 11 is 7.52. The monoisotopic (exact) mass is 454 g/mol. The van der Waals surface area contributed by atoms with Gasteiger partial charge in [-0.25, -0.2) is 4.99 Å². The Hall–Kier alpha value is -1.60. The number of hydrogen-bond donors (Lipinski definition) is 1. The Balaban J connectivity index is 0.00000243. The number of aliphatic hydroxyl groups excluding tert-OH is 1. The molecule has 7 heteroatoms. The number of nitrogens with zero attached hydrogens (tertiary/aromatic N) is 2. The summed E-state index contributed by atoms with van der Waals surface area (Å²) in [5.41, 5.74) is 2.90. The smallest absolute Gasteiger partial charge is 0.190 e. The molecule has 3 rings (SSSR count). The third kappa shape index (κ3) is 4.98. The van der Waals surface area contributed by atoms with Gasteiger partial charge in [-0.1, -0.05) is 23.7 Å². The van der Waals surface area contributed by atoms with E-state index in [9.17, 15) is 5.11 Å². The van der Waals surface area contributed by atoms with Crippen molar-refractivity contribution in [2.75, 3.05) is 13.2 Å². The number of rotatable bonds is 6. The molecule has 1 heterocycles. The van der Waals surface area contributed by atoms with Crippen molar-refractivity contribution in [3.8, 4) is 17.0 Å². The highest BCUT2D eigenvalue weighted by molar-refractivity contribution is 8.93. The normalized spacial score (nSPS) is 11.3. The van der Waals surface area contributed by atoms with E-state index < -0.39 is 0 Å². The van der Waals surface area contributed by atoms with Gasteiger partial charge in [0.1, 0.15) is 5.75 Å². The molecule has 3 aromatic rings. The van der Waals surface area contributed by atoms with Crippen LogP contribution in [0.4, 0.5) is 5.69 Å². The van der Waals surface area contributed by atoms with Crippen molar-refractivity contribution in [3.05, 3.63) is 63.7 Å². The minimum Gasteiger partial charge on any atom is -0.494 e. The van der Waals surface area contributed by atoms with Gasteiger partial charge in [-0.05, 0) is 48.9 Å². The quantitative estimate of drug-likeness (QED) is 0.564. The summed E-state index contributed by atoms with van der Waals surface area (Å²) in [6, 6.07) is 15.3. The molecule has 0 saturated heterocycles. The topological polar surface area (TPSA) is 46.8 Å². The van der Waals surface area contributed by atoms with Crippen molar-refractivity contribution < 1.29 is 9.84 Å². The average Bonchev–Trinajstić information content (AvgIpc) is 3.01. The Morgan fingerprint density at radius 1 is 1.12 bits per heavy atom. The molecule has 0 atom stereocenters. The SMILES string of the molecule is Br.CCOc1ccc(N=c2scc(-c3ccc(Cl)cc3)n2CCO)cc1. The molecule has 0 bridgehead atoms. The molecular weight excluding hydrogens is 436 g/mol. The van der Waals surface area contributed by atoms with E-state index in [0.29, 0.717) is 18.2 Å². The van der Waals surface area contributed by atoms with Crippen LogP contribution in [-0.2, 0) is 6.54 Å². The highest BCUT2D eigenvalue weighted by Gasteiger charge is 2.08. The average molecular weight is 456 g/mol. The van der Waals surface area contributed by atoms with Crippen molar-refractivity contribution in [2.45, 2.75) is 13.5 Å². The third-order valence-corrected chi connectivity index (χ3v) is 4.75. The maximum Gasteiger partial charge on any atom is 0.190 e. The van der Waals surface area contributed by atoms with E-state index in [-0.39, 0.29) is 23.6 Å². The summed E-state index contributed by atoms with van der Waals surface area (Å²) in [7, 11) is 0. The number of hydrogen-bond acceptors (Lipinski definition) is 4. The lowest BCUT2D eigenvalue weighted by molar-refractivity contribution is 0.275. The van der Waals surface area contributed by atoms with Crippen LogP contribution in [0.3, 0.4) is 0 Å². The summed E-state index contributed by atoms with van der Waals surface area (Å²) in [4.78, 5) is 5.55. The Kier molecular flexibility index (Phi) is 7.90. The van der Waals surface area contributed by atoms with E-state index in [2.05, 4.69) is 0 Å². The summed E-state index contributed by atoms with van der Waals surface area (Å²) in [5, 5.41) is 12.2. The van der Waals surface area contributed by atoms with Gasteiger partial charge >= 0.3 is 0 Å². The van der Waals surface area contributed by atoms with Crippen LogP contribution >= 0.6 is 39.9 Å². The molecule has 0 spiro atoms. The minimum atomic E-state index is 0. The number of ether oxygens (including phenoxy) is 1. The fourth-order valence-electron chi connectivity index (χ4n) is 2.48. The van der Waals surface area contributed by atoms with Gasteiger partial charge in [0.05, 0.1) is 24.6 Å². The zero-order valence-corrected chi connectivity index (χ0v) is 17.5. The van der Waals surface area contributed by atoms with Crippen LogP contribution in [-0.4, -0.2) is 22.9 Å². The zero-order chi connectivity index (χ0) is 17.6. The predicted molar refractivity (Wildman–Crippen MR) is 113 cm³/mol. The fourth-order valence-corrected chi connectivity index (χ4v) is 3.56. The molecule has 0 aliphatic heterocycles. The molecule has 0 fully saturated rings. The van der Waals surface area contributed by atoms with Crippen LogP contribution in [0.15, 0.2) is 58.9 Å². The summed E-state index contributed by atoms with van der Waals surface area (Å²) < 4.78 is 7.48. The lowest BCUT2D eigenvalue weighted by Crippen LogP contribution is -2.17. The van der Waals surface area contributed by atoms with E-state index in [4.69, 9.17) is 21.3 Å². The van der Waals surface area contributed by atoms with Gasteiger partial charge in [-0.2, -0.15) is 0 Å². The number of thiazole rings is 1. The van der Waals surface area contributed by atoms with Crippen LogP contribution in [0.25, 0.3) is 11.3 Å². The molecule has 0 unspecified atom stereocenters. The summed E-state index contributed by atoms with van der Waals surface area (Å²) in [6.07, 6.45) is 0. The van der Waals surface area contributed by atoms with E-state index >= 15 is 0 Å². The van der Waals surface area contributed by atoms with Gasteiger partial charge in [0.25, 0.3) is 0 Å². The molecule has 0 aliphatic carbocycles. The van der Waals surface area contributed by atoms with Crippen molar-refractivity contribution >= 4 is 45.6 Å². The molecule has 1 aromatic heterocycles. The van der Waals surface area contributed by atoms with Crippen LogP contribution in [0.5, 0.6) is 5.75 Å². The Morgan fingerprint density at radius 3 is 2.42 bits per heavy atom. The van der Waals surface area contributed by atoms with E-state index in [1.54, 1.807) is 11.3 Å². The first kappa shape index (κ1) is 20.7. The Bertz CT molecular complexity index is 889. The minimum absolute atomic E-state index is 0. The first-order chi connectivity index (χ1) is 12.2. The van der Waals surface area contributed by atoms with Gasteiger partial charge < -0.3 is 14.4 Å². The fraction of sp³-hybridized carbons (Fsp3) is 0.211. The lowest BCUT2D eigenvalue weighted by Gasteiger charge is -2.07. The molecule has 4 nitrogen and oxygen atoms in total. The van der Waals surface area contributed by atoms with Gasteiger partial charge in [-0.3, -0.25) is 0 Å². The Labute approximate surface area is 172 Å². The number of aromatic nitrogens is 1. The highest BCUT2D eigenvalue weighted by Crippen LogP contribution is 2.23. The molecule has 2 aromatic carbocycles. The molecular formula is C19H20BrClN2O2S. The van der Waals surface area contributed by atoms with Crippen LogP contribution in [0.2, 0.25) is 5.02 Å². The Morgan fingerprint density at radius 2 is 1.81 bits per heavy atom. The second kappa shape index (κ2) is 9.92. The van der Waals surface area contributed by atoms with E-state index in [1.165, 1.54) is 0 Å². The summed E-state index contributed by atoms with van der Waals surface area (Å²) in [6.45, 7) is 3.13. The van der Waals surface area contributed by atoms with Gasteiger partial charge in [-0.15, -0.1) is 28.3 Å². The number of benzene rings is 2. The molecule has 0 aliphatic rings. The molecule has 0 amide bonds. The van der Waals surface area contributed by atoms with Crippen molar-refractivity contribution in [2.24, 2.45) is 4.99 Å². The van der Waals surface area contributed by atoms with E-state index in [1.807, 2.05) is 65.4 Å². The standard InChI is InChI=1S/C19H19ClN2O2S.BrH/c1-2-24-17-9-7-16(8-10-17)21-19-22(11-12-23)18(13-25-19)14-3-5-15(20)6-4-14;/h3-10,13,23H,2,11-12H2,1H3;1H. The first-order valence-electron chi connectivity index (χ1n) is 8.04. The van der Waals surface area contributed by atoms with Gasteiger partial charge in [0, 0.05) is 16.9 Å². The first-order valence-corrected chi connectivity index (χ1v) is 9.29. The second-order valence-electron chi connectivity index (χ2n) is 5.32. The summed E-state index contributed by atoms with van der Waals surface area (Å²) in [5.74, 6) is 0.831. The number of halogens is 2. The van der Waals surface area contributed by atoms with Crippen molar-refractivity contribution in [1.82, 2.24) is 4.57 Å². The third-order valence-electron chi connectivity index (χ3n) is 3.63. The van der Waals surface area contributed by atoms with Crippen LogP contribution in [0.1, 0.15) is 6.92 Å². The van der Waals surface area contributed by atoms with Crippen LogP contribution < -0.4 is 9.54 Å². The predicted octanol–water partition coefficient (Wildman–Crippen LogP) is 5.07. The van der Waals surface area contributed by atoms with Crippen LogP contribution in [0, 0.1) is 0 Å². The molecule has 0 saturated carbocycles. The second-order valence-corrected chi connectivity index (χ2v) is 6.60.